The number of hydrogen-bond donors (Lipinski definition) is 2. The molecule has 6 heteroatoms. The van der Waals surface area contributed by atoms with E-state index in [-0.39, 0.29) is 11.8 Å². The first-order chi connectivity index (χ1) is 9.88. The molecule has 114 valence electrons. The number of anilines is 1. The van der Waals surface area contributed by atoms with Crippen molar-refractivity contribution in [3.63, 3.8) is 0 Å². The standard InChI is InChI=1S/C15H21N3O2S/c1-15(2,16)14(20)17-12-5-3-4-11(10-12)13(19)18-6-8-21-9-7-18/h3-5,10H,6-9,16H2,1-2H3,(H,17,20). The van der Waals surface area contributed by atoms with Crippen molar-refractivity contribution in [2.45, 2.75) is 19.4 Å². The van der Waals surface area contributed by atoms with Gasteiger partial charge in [0.25, 0.3) is 5.91 Å². The van der Waals surface area contributed by atoms with Crippen LogP contribution in [0.2, 0.25) is 0 Å². The molecule has 1 fully saturated rings. The van der Waals surface area contributed by atoms with Crippen molar-refractivity contribution in [3.8, 4) is 0 Å². The highest BCUT2D eigenvalue weighted by Crippen LogP contribution is 2.17. The Bertz CT molecular complexity index is 534. The summed E-state index contributed by atoms with van der Waals surface area (Å²) in [4.78, 5) is 26.1. The lowest BCUT2D eigenvalue weighted by Gasteiger charge is -2.26. The molecule has 1 aromatic carbocycles. The Morgan fingerprint density at radius 3 is 2.57 bits per heavy atom. The van der Waals surface area contributed by atoms with Gasteiger partial charge in [-0.1, -0.05) is 6.07 Å². The molecule has 0 saturated carbocycles. The summed E-state index contributed by atoms with van der Waals surface area (Å²) in [6.45, 7) is 4.83. The van der Waals surface area contributed by atoms with Crippen LogP contribution in [0.1, 0.15) is 24.2 Å². The summed E-state index contributed by atoms with van der Waals surface area (Å²) < 4.78 is 0. The van der Waals surface area contributed by atoms with Gasteiger partial charge in [-0.2, -0.15) is 11.8 Å². The number of thioether (sulfide) groups is 1. The highest BCUT2D eigenvalue weighted by molar-refractivity contribution is 7.99. The molecular weight excluding hydrogens is 286 g/mol. The molecule has 2 amide bonds. The minimum absolute atomic E-state index is 0.0124. The van der Waals surface area contributed by atoms with Crippen LogP contribution >= 0.6 is 11.8 Å². The fourth-order valence-electron chi connectivity index (χ4n) is 1.97. The van der Waals surface area contributed by atoms with Crippen molar-refractivity contribution in [2.24, 2.45) is 5.73 Å². The normalized spacial score (nSPS) is 15.7. The van der Waals surface area contributed by atoms with Crippen molar-refractivity contribution in [3.05, 3.63) is 29.8 Å². The van der Waals surface area contributed by atoms with Gasteiger partial charge in [-0.05, 0) is 32.0 Å². The summed E-state index contributed by atoms with van der Waals surface area (Å²) in [7, 11) is 0. The van der Waals surface area contributed by atoms with Gasteiger partial charge in [0.2, 0.25) is 5.91 Å². The number of nitrogens with one attached hydrogen (secondary N) is 1. The predicted octanol–water partition coefficient (Wildman–Crippen LogP) is 1.55. The van der Waals surface area contributed by atoms with Gasteiger partial charge in [-0.25, -0.2) is 0 Å². The van der Waals surface area contributed by atoms with E-state index in [0.717, 1.165) is 24.6 Å². The van der Waals surface area contributed by atoms with E-state index in [1.807, 2.05) is 16.7 Å². The zero-order valence-electron chi connectivity index (χ0n) is 12.4. The predicted molar refractivity (Wildman–Crippen MR) is 86.6 cm³/mol. The van der Waals surface area contributed by atoms with E-state index in [1.165, 1.54) is 0 Å². The molecule has 1 aliphatic heterocycles. The van der Waals surface area contributed by atoms with Gasteiger partial charge in [0, 0.05) is 35.8 Å². The summed E-state index contributed by atoms with van der Waals surface area (Å²) in [6.07, 6.45) is 0. The van der Waals surface area contributed by atoms with Crippen molar-refractivity contribution >= 4 is 29.3 Å². The quantitative estimate of drug-likeness (QED) is 0.888. The third-order valence-electron chi connectivity index (χ3n) is 3.25. The van der Waals surface area contributed by atoms with Crippen LogP contribution in [0.4, 0.5) is 5.69 Å². The Kier molecular flexibility index (Phi) is 4.90. The number of hydrogen-bond acceptors (Lipinski definition) is 4. The summed E-state index contributed by atoms with van der Waals surface area (Å²) in [5.41, 5.74) is 5.98. The second-order valence-electron chi connectivity index (χ2n) is 5.66. The van der Waals surface area contributed by atoms with Gasteiger partial charge >= 0.3 is 0 Å². The van der Waals surface area contributed by atoms with Crippen molar-refractivity contribution in [2.75, 3.05) is 29.9 Å². The fraction of sp³-hybridized carbons (Fsp3) is 0.467. The third-order valence-corrected chi connectivity index (χ3v) is 4.19. The lowest BCUT2D eigenvalue weighted by atomic mass is 10.1. The SMILES string of the molecule is CC(C)(N)C(=O)Nc1cccc(C(=O)N2CCSCC2)c1. The highest BCUT2D eigenvalue weighted by atomic mass is 32.2. The first kappa shape index (κ1) is 15.9. The molecule has 0 atom stereocenters. The Labute approximate surface area is 129 Å². The Morgan fingerprint density at radius 1 is 1.29 bits per heavy atom. The molecule has 1 saturated heterocycles. The summed E-state index contributed by atoms with van der Waals surface area (Å²) in [5.74, 6) is 1.69. The molecule has 0 radical (unpaired) electrons. The fourth-order valence-corrected chi connectivity index (χ4v) is 2.87. The molecule has 2 rings (SSSR count). The number of nitrogens with zero attached hydrogens (tertiary/aromatic N) is 1. The van der Waals surface area contributed by atoms with Crippen LogP contribution in [0, 0.1) is 0 Å². The summed E-state index contributed by atoms with van der Waals surface area (Å²) >= 11 is 1.86. The van der Waals surface area contributed by atoms with Crippen molar-refractivity contribution in [1.82, 2.24) is 4.90 Å². The molecule has 0 bridgehead atoms. The Morgan fingerprint density at radius 2 is 1.95 bits per heavy atom. The van der Waals surface area contributed by atoms with E-state index in [9.17, 15) is 9.59 Å². The molecule has 21 heavy (non-hydrogen) atoms. The molecule has 0 aromatic heterocycles. The number of carbonyl (C=O) groups excluding carboxylic acids is 2. The van der Waals surface area contributed by atoms with Crippen LogP contribution in [0.15, 0.2) is 24.3 Å². The molecule has 1 heterocycles. The molecule has 0 unspecified atom stereocenters. The zero-order valence-corrected chi connectivity index (χ0v) is 13.2. The van der Waals surface area contributed by atoms with Gasteiger partial charge in [0.05, 0.1) is 5.54 Å². The first-order valence-corrected chi connectivity index (χ1v) is 8.11. The van der Waals surface area contributed by atoms with Crippen LogP contribution in [0.3, 0.4) is 0 Å². The minimum Gasteiger partial charge on any atom is -0.337 e. The van der Waals surface area contributed by atoms with Crippen LogP contribution in [0.25, 0.3) is 0 Å². The van der Waals surface area contributed by atoms with E-state index in [2.05, 4.69) is 5.32 Å². The smallest absolute Gasteiger partial charge is 0.253 e. The van der Waals surface area contributed by atoms with Gasteiger partial charge in [0.15, 0.2) is 0 Å². The van der Waals surface area contributed by atoms with Crippen LogP contribution in [0.5, 0.6) is 0 Å². The van der Waals surface area contributed by atoms with Gasteiger partial charge in [-0.3, -0.25) is 9.59 Å². The molecule has 3 N–H and O–H groups in total. The third kappa shape index (κ3) is 4.22. The monoisotopic (exact) mass is 307 g/mol. The summed E-state index contributed by atoms with van der Waals surface area (Å²) in [5, 5.41) is 2.74. The summed E-state index contributed by atoms with van der Waals surface area (Å²) in [6, 6.07) is 7.00. The van der Waals surface area contributed by atoms with Gasteiger partial charge in [-0.15, -0.1) is 0 Å². The topological polar surface area (TPSA) is 75.4 Å². The lowest BCUT2D eigenvalue weighted by molar-refractivity contribution is -0.120. The number of nitrogens with two attached hydrogens (primary N) is 1. The maximum absolute atomic E-state index is 12.4. The van der Waals surface area contributed by atoms with Crippen molar-refractivity contribution < 1.29 is 9.59 Å². The van der Waals surface area contributed by atoms with Crippen molar-refractivity contribution in [1.29, 1.82) is 0 Å². The second-order valence-corrected chi connectivity index (χ2v) is 6.89. The highest BCUT2D eigenvalue weighted by Gasteiger charge is 2.23. The maximum atomic E-state index is 12.4. The number of carbonyl (C=O) groups is 2. The van der Waals surface area contributed by atoms with Crippen LogP contribution in [-0.4, -0.2) is 46.8 Å². The molecule has 1 aliphatic rings. The number of amides is 2. The minimum atomic E-state index is -0.954. The van der Waals surface area contributed by atoms with Gasteiger partial charge in [0.1, 0.15) is 0 Å². The molecule has 0 aliphatic carbocycles. The second kappa shape index (κ2) is 6.49. The van der Waals surface area contributed by atoms with E-state index < -0.39 is 5.54 Å². The Balaban J connectivity index is 2.10. The van der Waals surface area contributed by atoms with E-state index in [0.29, 0.717) is 11.3 Å². The van der Waals surface area contributed by atoms with Crippen LogP contribution in [-0.2, 0) is 4.79 Å². The molecule has 5 nitrogen and oxygen atoms in total. The number of rotatable bonds is 3. The Hall–Kier alpha value is -1.53. The molecular formula is C15H21N3O2S. The molecule has 0 spiro atoms. The van der Waals surface area contributed by atoms with E-state index in [4.69, 9.17) is 5.73 Å². The first-order valence-electron chi connectivity index (χ1n) is 6.95. The maximum Gasteiger partial charge on any atom is 0.253 e. The zero-order chi connectivity index (χ0) is 15.5. The van der Waals surface area contributed by atoms with E-state index >= 15 is 0 Å². The average molecular weight is 307 g/mol. The van der Waals surface area contributed by atoms with Gasteiger partial charge < -0.3 is 16.0 Å². The van der Waals surface area contributed by atoms with E-state index in [1.54, 1.807) is 38.1 Å². The number of benzene rings is 1. The largest absolute Gasteiger partial charge is 0.337 e. The van der Waals surface area contributed by atoms with Crippen LogP contribution < -0.4 is 11.1 Å². The lowest BCUT2D eigenvalue weighted by Crippen LogP contribution is -2.45. The average Bonchev–Trinajstić information content (AvgIpc) is 2.46. The molecule has 1 aromatic rings.